The van der Waals surface area contributed by atoms with Crippen LogP contribution in [-0.4, -0.2) is 48.4 Å². The number of carbonyl (C=O) groups is 2. The van der Waals surface area contributed by atoms with Gasteiger partial charge in [0.2, 0.25) is 5.91 Å². The first-order valence-electron chi connectivity index (χ1n) is 7.03. The average molecular weight is 293 g/mol. The maximum Gasteiger partial charge on any atom is 0.324 e. The van der Waals surface area contributed by atoms with E-state index in [1.807, 2.05) is 14.0 Å². The fourth-order valence-electron chi connectivity index (χ4n) is 2.35. The SMILES string of the molecule is CC(c1ccc(F)cc1)N(C)CCCN1C(=O)CNC1=O. The predicted octanol–water partition coefficient (Wildman–Crippen LogP) is 1.76. The smallest absolute Gasteiger partial charge is 0.324 e. The second-order valence-corrected chi connectivity index (χ2v) is 5.27. The van der Waals surface area contributed by atoms with Crippen LogP contribution in [0.15, 0.2) is 24.3 Å². The highest BCUT2D eigenvalue weighted by atomic mass is 19.1. The van der Waals surface area contributed by atoms with E-state index in [-0.39, 0.29) is 30.3 Å². The normalized spacial score (nSPS) is 16.5. The molecule has 21 heavy (non-hydrogen) atoms. The van der Waals surface area contributed by atoms with Crippen molar-refractivity contribution in [1.82, 2.24) is 15.1 Å². The summed E-state index contributed by atoms with van der Waals surface area (Å²) in [5.41, 5.74) is 1.04. The number of hydrogen-bond donors (Lipinski definition) is 1. The lowest BCUT2D eigenvalue weighted by molar-refractivity contribution is -0.125. The van der Waals surface area contributed by atoms with E-state index in [1.54, 1.807) is 12.1 Å². The van der Waals surface area contributed by atoms with Crippen molar-refractivity contribution in [1.29, 1.82) is 0 Å². The lowest BCUT2D eigenvalue weighted by atomic mass is 10.1. The number of nitrogens with zero attached hydrogens (tertiary/aromatic N) is 2. The van der Waals surface area contributed by atoms with E-state index in [0.29, 0.717) is 13.0 Å². The molecule has 6 heteroatoms. The molecular formula is C15H20FN3O2. The number of hydrogen-bond acceptors (Lipinski definition) is 3. The van der Waals surface area contributed by atoms with Crippen LogP contribution >= 0.6 is 0 Å². The van der Waals surface area contributed by atoms with Crippen molar-refractivity contribution < 1.29 is 14.0 Å². The van der Waals surface area contributed by atoms with Crippen molar-refractivity contribution >= 4 is 11.9 Å². The quantitative estimate of drug-likeness (QED) is 0.813. The Morgan fingerprint density at radius 3 is 2.57 bits per heavy atom. The van der Waals surface area contributed by atoms with Gasteiger partial charge in [0.25, 0.3) is 0 Å². The average Bonchev–Trinajstić information content (AvgIpc) is 2.79. The van der Waals surface area contributed by atoms with Crippen LogP contribution in [0.25, 0.3) is 0 Å². The molecule has 3 amide bonds. The first kappa shape index (κ1) is 15.4. The fraction of sp³-hybridized carbons (Fsp3) is 0.467. The first-order chi connectivity index (χ1) is 9.99. The van der Waals surface area contributed by atoms with Gasteiger partial charge in [0, 0.05) is 19.1 Å². The van der Waals surface area contributed by atoms with Crippen molar-refractivity contribution in [2.45, 2.75) is 19.4 Å². The van der Waals surface area contributed by atoms with Crippen LogP contribution in [0.2, 0.25) is 0 Å². The molecule has 2 rings (SSSR count). The molecule has 1 saturated heterocycles. The molecule has 0 radical (unpaired) electrons. The summed E-state index contributed by atoms with van der Waals surface area (Å²) < 4.78 is 12.9. The van der Waals surface area contributed by atoms with Crippen LogP contribution in [0.5, 0.6) is 0 Å². The van der Waals surface area contributed by atoms with E-state index in [0.717, 1.165) is 12.1 Å². The number of imide groups is 1. The molecule has 0 spiro atoms. The standard InChI is InChI=1S/C15H20FN3O2/c1-11(12-4-6-13(16)7-5-12)18(2)8-3-9-19-14(20)10-17-15(19)21/h4-7,11H,3,8-10H2,1-2H3,(H,17,21). The molecule has 5 nitrogen and oxygen atoms in total. The maximum absolute atomic E-state index is 12.9. The molecule has 1 heterocycles. The number of amides is 3. The molecular weight excluding hydrogens is 273 g/mol. The highest BCUT2D eigenvalue weighted by molar-refractivity contribution is 6.01. The Morgan fingerprint density at radius 1 is 1.33 bits per heavy atom. The zero-order chi connectivity index (χ0) is 15.4. The Hall–Kier alpha value is -1.95. The molecule has 1 N–H and O–H groups in total. The first-order valence-corrected chi connectivity index (χ1v) is 7.03. The number of carbonyl (C=O) groups excluding carboxylic acids is 2. The van der Waals surface area contributed by atoms with Gasteiger partial charge < -0.3 is 5.32 Å². The molecule has 1 fully saturated rings. The van der Waals surface area contributed by atoms with Crippen molar-refractivity contribution in [3.05, 3.63) is 35.6 Å². The lowest BCUT2D eigenvalue weighted by Gasteiger charge is -2.25. The molecule has 1 unspecified atom stereocenters. The topological polar surface area (TPSA) is 52.6 Å². The van der Waals surface area contributed by atoms with E-state index in [4.69, 9.17) is 0 Å². The highest BCUT2D eigenvalue weighted by Gasteiger charge is 2.27. The van der Waals surface area contributed by atoms with E-state index < -0.39 is 0 Å². The summed E-state index contributed by atoms with van der Waals surface area (Å²) in [5, 5.41) is 2.50. The van der Waals surface area contributed by atoms with Gasteiger partial charge in [0.05, 0.1) is 6.54 Å². The van der Waals surface area contributed by atoms with Gasteiger partial charge in [-0.2, -0.15) is 0 Å². The van der Waals surface area contributed by atoms with Gasteiger partial charge in [0.15, 0.2) is 0 Å². The van der Waals surface area contributed by atoms with Crippen molar-refractivity contribution in [2.75, 3.05) is 26.7 Å². The Bertz CT molecular complexity index is 502. The lowest BCUT2D eigenvalue weighted by Crippen LogP contribution is -2.34. The third-order valence-electron chi connectivity index (χ3n) is 3.84. The van der Waals surface area contributed by atoms with Crippen molar-refractivity contribution in [3.8, 4) is 0 Å². The molecule has 0 aliphatic carbocycles. The summed E-state index contributed by atoms with van der Waals surface area (Å²) in [6.07, 6.45) is 0.710. The van der Waals surface area contributed by atoms with Crippen molar-refractivity contribution in [2.24, 2.45) is 0 Å². The van der Waals surface area contributed by atoms with Crippen LogP contribution in [-0.2, 0) is 4.79 Å². The summed E-state index contributed by atoms with van der Waals surface area (Å²) in [6.45, 7) is 3.31. The van der Waals surface area contributed by atoms with E-state index >= 15 is 0 Å². The Balaban J connectivity index is 1.81. The van der Waals surface area contributed by atoms with Gasteiger partial charge in [-0.15, -0.1) is 0 Å². The van der Waals surface area contributed by atoms with E-state index in [1.165, 1.54) is 17.0 Å². The summed E-state index contributed by atoms with van der Waals surface area (Å²) in [4.78, 5) is 26.2. The Labute approximate surface area is 123 Å². The second kappa shape index (κ2) is 6.67. The molecule has 114 valence electrons. The molecule has 0 saturated carbocycles. The minimum atomic E-state index is -0.311. The molecule has 1 aromatic rings. The number of benzene rings is 1. The number of nitrogens with one attached hydrogen (secondary N) is 1. The zero-order valence-corrected chi connectivity index (χ0v) is 12.3. The molecule has 1 aromatic carbocycles. The van der Waals surface area contributed by atoms with Crippen molar-refractivity contribution in [3.63, 3.8) is 0 Å². The number of halogens is 1. The molecule has 1 aliphatic rings. The molecule has 1 aliphatic heterocycles. The summed E-state index contributed by atoms with van der Waals surface area (Å²) >= 11 is 0. The largest absolute Gasteiger partial charge is 0.329 e. The fourth-order valence-corrected chi connectivity index (χ4v) is 2.35. The van der Waals surface area contributed by atoms with E-state index in [2.05, 4.69) is 10.2 Å². The Morgan fingerprint density at radius 2 is 2.00 bits per heavy atom. The van der Waals surface area contributed by atoms with Crippen LogP contribution in [0.1, 0.15) is 24.9 Å². The van der Waals surface area contributed by atoms with Gasteiger partial charge in [-0.25, -0.2) is 9.18 Å². The third kappa shape index (κ3) is 3.78. The maximum atomic E-state index is 12.9. The van der Waals surface area contributed by atoms with Gasteiger partial charge in [0.1, 0.15) is 5.82 Å². The predicted molar refractivity (Wildman–Crippen MR) is 77.2 cm³/mol. The van der Waals surface area contributed by atoms with Gasteiger partial charge in [-0.1, -0.05) is 12.1 Å². The van der Waals surface area contributed by atoms with Crippen LogP contribution in [0.3, 0.4) is 0 Å². The summed E-state index contributed by atoms with van der Waals surface area (Å²) in [7, 11) is 1.97. The van der Waals surface area contributed by atoms with Gasteiger partial charge in [-0.3, -0.25) is 14.6 Å². The van der Waals surface area contributed by atoms with E-state index in [9.17, 15) is 14.0 Å². The Kier molecular flexibility index (Phi) is 4.90. The molecule has 0 bridgehead atoms. The molecule has 0 aromatic heterocycles. The zero-order valence-electron chi connectivity index (χ0n) is 12.3. The van der Waals surface area contributed by atoms with Gasteiger partial charge in [-0.05, 0) is 38.1 Å². The minimum absolute atomic E-state index is 0.0979. The van der Waals surface area contributed by atoms with Gasteiger partial charge >= 0.3 is 6.03 Å². The van der Waals surface area contributed by atoms with Crippen LogP contribution < -0.4 is 5.32 Å². The number of rotatable bonds is 6. The molecule has 1 atom stereocenters. The highest BCUT2D eigenvalue weighted by Crippen LogP contribution is 2.19. The van der Waals surface area contributed by atoms with Crippen LogP contribution in [0.4, 0.5) is 9.18 Å². The summed E-state index contributed by atoms with van der Waals surface area (Å²) in [6, 6.07) is 6.28. The third-order valence-corrected chi connectivity index (χ3v) is 3.84. The summed E-state index contributed by atoms with van der Waals surface area (Å²) in [5.74, 6) is -0.415. The second-order valence-electron chi connectivity index (χ2n) is 5.27. The monoisotopic (exact) mass is 293 g/mol. The van der Waals surface area contributed by atoms with Crippen LogP contribution in [0, 0.1) is 5.82 Å². The number of urea groups is 1. The minimum Gasteiger partial charge on any atom is -0.329 e.